The van der Waals surface area contributed by atoms with Crippen LogP contribution in [0.1, 0.15) is 0 Å². The molecular weight excluding hydrogens is 352 g/mol. The summed E-state index contributed by atoms with van der Waals surface area (Å²) in [6, 6.07) is 9.57. The number of fused-ring (bicyclic) bond motifs is 1. The first-order chi connectivity index (χ1) is 9.97. The minimum atomic E-state index is -0.207. The third-order valence-electron chi connectivity index (χ3n) is 3.29. The van der Waals surface area contributed by atoms with Crippen LogP contribution >= 0.6 is 28.1 Å². The van der Waals surface area contributed by atoms with Crippen LogP contribution in [0.5, 0.6) is 0 Å². The lowest BCUT2D eigenvalue weighted by Crippen LogP contribution is -2.20. The zero-order chi connectivity index (χ0) is 15.1. The molecule has 0 saturated heterocycles. The van der Waals surface area contributed by atoms with E-state index in [1.165, 1.54) is 0 Å². The van der Waals surface area contributed by atoms with Gasteiger partial charge in [-0.2, -0.15) is 0 Å². The zero-order valence-corrected chi connectivity index (χ0v) is 13.5. The van der Waals surface area contributed by atoms with E-state index in [9.17, 15) is 4.79 Å². The van der Waals surface area contributed by atoms with Crippen molar-refractivity contribution in [3.05, 3.63) is 49.9 Å². The quantitative estimate of drug-likeness (QED) is 0.652. The summed E-state index contributed by atoms with van der Waals surface area (Å²) >= 11 is 8.42. The molecular formula is C14H11BrN4OS. The summed E-state index contributed by atoms with van der Waals surface area (Å²) in [5, 5.41) is 0.354. The number of nitrogens with one attached hydrogen (secondary N) is 1. The molecule has 0 radical (unpaired) electrons. The largest absolute Gasteiger partial charge is 0.383 e. The van der Waals surface area contributed by atoms with Crippen molar-refractivity contribution in [3.8, 4) is 11.3 Å². The van der Waals surface area contributed by atoms with E-state index < -0.39 is 0 Å². The van der Waals surface area contributed by atoms with E-state index >= 15 is 0 Å². The van der Waals surface area contributed by atoms with Gasteiger partial charge in [-0.05, 0) is 36.0 Å². The lowest BCUT2D eigenvalue weighted by molar-refractivity contribution is 0.880. The summed E-state index contributed by atoms with van der Waals surface area (Å²) in [4.78, 5) is 19.4. The highest BCUT2D eigenvalue weighted by Crippen LogP contribution is 2.23. The number of nitrogens with zero attached hydrogens (tertiary/aromatic N) is 2. The Labute approximate surface area is 133 Å². The number of halogens is 1. The number of pyridine rings is 1. The third-order valence-corrected chi connectivity index (χ3v) is 4.01. The molecule has 0 fully saturated rings. The highest BCUT2D eigenvalue weighted by Gasteiger charge is 2.12. The molecule has 3 rings (SSSR count). The fourth-order valence-corrected chi connectivity index (χ4v) is 2.72. The molecule has 3 N–H and O–H groups in total. The summed E-state index contributed by atoms with van der Waals surface area (Å²) in [7, 11) is 1.71. The molecule has 7 heteroatoms. The van der Waals surface area contributed by atoms with Crippen LogP contribution in [-0.2, 0) is 7.05 Å². The van der Waals surface area contributed by atoms with Crippen molar-refractivity contribution in [2.75, 3.05) is 5.73 Å². The summed E-state index contributed by atoms with van der Waals surface area (Å²) in [5.41, 5.74) is 7.90. The first-order valence-corrected chi connectivity index (χ1v) is 7.33. The van der Waals surface area contributed by atoms with Crippen molar-refractivity contribution in [2.24, 2.45) is 7.05 Å². The molecule has 3 aromatic rings. The highest BCUT2D eigenvalue weighted by molar-refractivity contribution is 9.10. The second kappa shape index (κ2) is 5.09. The van der Waals surface area contributed by atoms with Crippen LogP contribution in [0.3, 0.4) is 0 Å². The Morgan fingerprint density at radius 1 is 1.33 bits per heavy atom. The standard InChI is InChI=1S/C14H11BrN4OS/c1-19-10(7-2-4-8(15)5-3-7)6-9-11(13(19)20)12(16)18-14(21)17-9/h2-6H,1H3,(H3,16,17,18,21). The second-order valence-electron chi connectivity index (χ2n) is 4.62. The number of aromatic amines is 1. The molecule has 0 aliphatic rings. The van der Waals surface area contributed by atoms with Crippen LogP contribution < -0.4 is 11.3 Å². The van der Waals surface area contributed by atoms with Crippen molar-refractivity contribution in [1.29, 1.82) is 0 Å². The lowest BCUT2D eigenvalue weighted by atomic mass is 10.1. The molecule has 0 bridgehead atoms. The van der Waals surface area contributed by atoms with Crippen LogP contribution in [0.4, 0.5) is 5.82 Å². The molecule has 0 aliphatic heterocycles. The predicted molar refractivity (Wildman–Crippen MR) is 89.7 cm³/mol. The summed E-state index contributed by atoms with van der Waals surface area (Å²) < 4.78 is 2.79. The fourth-order valence-electron chi connectivity index (χ4n) is 2.25. The van der Waals surface area contributed by atoms with Gasteiger partial charge in [-0.3, -0.25) is 4.79 Å². The van der Waals surface area contributed by atoms with E-state index in [-0.39, 0.29) is 16.1 Å². The second-order valence-corrected chi connectivity index (χ2v) is 5.92. The van der Waals surface area contributed by atoms with Gasteiger partial charge in [0.25, 0.3) is 5.56 Å². The van der Waals surface area contributed by atoms with Crippen LogP contribution in [0, 0.1) is 4.77 Å². The summed E-state index contributed by atoms with van der Waals surface area (Å²) in [5.74, 6) is 0.150. The van der Waals surface area contributed by atoms with Crippen molar-refractivity contribution < 1.29 is 0 Å². The van der Waals surface area contributed by atoms with Crippen molar-refractivity contribution in [2.45, 2.75) is 0 Å². The number of anilines is 1. The van der Waals surface area contributed by atoms with Crippen LogP contribution in [-0.4, -0.2) is 14.5 Å². The van der Waals surface area contributed by atoms with Gasteiger partial charge < -0.3 is 15.3 Å². The Morgan fingerprint density at radius 3 is 2.67 bits per heavy atom. The smallest absolute Gasteiger partial charge is 0.263 e. The van der Waals surface area contributed by atoms with Crippen LogP contribution in [0.25, 0.3) is 22.2 Å². The average Bonchev–Trinajstić information content (AvgIpc) is 2.43. The topological polar surface area (TPSA) is 76.7 Å². The Bertz CT molecular complexity index is 960. The molecule has 5 nitrogen and oxygen atoms in total. The van der Waals surface area contributed by atoms with Crippen LogP contribution in [0.15, 0.2) is 39.6 Å². The molecule has 0 aliphatic carbocycles. The normalized spacial score (nSPS) is 11.0. The number of nitrogen functional groups attached to an aromatic ring is 1. The molecule has 2 heterocycles. The first kappa shape index (κ1) is 14.0. The molecule has 106 valence electrons. The van der Waals surface area contributed by atoms with E-state index in [1.807, 2.05) is 30.3 Å². The monoisotopic (exact) mass is 362 g/mol. The third kappa shape index (κ3) is 2.38. The van der Waals surface area contributed by atoms with Gasteiger partial charge in [0.05, 0.1) is 11.2 Å². The average molecular weight is 363 g/mol. The number of H-pyrrole nitrogens is 1. The molecule has 0 atom stereocenters. The maximum absolute atomic E-state index is 12.5. The number of rotatable bonds is 1. The van der Waals surface area contributed by atoms with Crippen molar-refractivity contribution in [1.82, 2.24) is 14.5 Å². The number of nitrogens with two attached hydrogens (primary N) is 1. The van der Waals surface area contributed by atoms with Gasteiger partial charge in [0.2, 0.25) is 0 Å². The summed E-state index contributed by atoms with van der Waals surface area (Å²) in [6.45, 7) is 0. The molecule has 1 aromatic carbocycles. The Kier molecular flexibility index (Phi) is 3.38. The predicted octanol–water partition coefficient (Wildman–Crippen LogP) is 3.00. The first-order valence-electron chi connectivity index (χ1n) is 6.13. The van der Waals surface area contributed by atoms with Crippen molar-refractivity contribution >= 4 is 44.9 Å². The van der Waals surface area contributed by atoms with Crippen molar-refractivity contribution in [3.63, 3.8) is 0 Å². The molecule has 21 heavy (non-hydrogen) atoms. The van der Waals surface area contributed by atoms with Gasteiger partial charge >= 0.3 is 0 Å². The Morgan fingerprint density at radius 2 is 2.00 bits per heavy atom. The van der Waals surface area contributed by atoms with Gasteiger partial charge in [0.15, 0.2) is 4.77 Å². The highest BCUT2D eigenvalue weighted by atomic mass is 79.9. The minimum absolute atomic E-state index is 0.150. The van der Waals surface area contributed by atoms with Gasteiger partial charge in [-0.1, -0.05) is 28.1 Å². The van der Waals surface area contributed by atoms with E-state index in [2.05, 4.69) is 25.9 Å². The lowest BCUT2D eigenvalue weighted by Gasteiger charge is -2.11. The molecule has 0 amide bonds. The van der Waals surface area contributed by atoms with E-state index in [4.69, 9.17) is 18.0 Å². The number of hydrogen-bond donors (Lipinski definition) is 2. The van der Waals surface area contributed by atoms with E-state index in [1.54, 1.807) is 11.6 Å². The molecule has 2 aromatic heterocycles. The SMILES string of the molecule is Cn1c(-c2ccc(Br)cc2)cc2[nH]c(=S)nc(N)c2c1=O. The Hall–Kier alpha value is -1.99. The van der Waals surface area contributed by atoms with Gasteiger partial charge in [-0.15, -0.1) is 0 Å². The Balaban J connectivity index is 2.40. The zero-order valence-electron chi connectivity index (χ0n) is 11.1. The van der Waals surface area contributed by atoms with Gasteiger partial charge in [0.1, 0.15) is 11.2 Å². The maximum atomic E-state index is 12.5. The van der Waals surface area contributed by atoms with Gasteiger partial charge in [0, 0.05) is 11.5 Å². The number of benzene rings is 1. The minimum Gasteiger partial charge on any atom is -0.383 e. The van der Waals surface area contributed by atoms with E-state index in [0.29, 0.717) is 10.9 Å². The molecule has 0 unspecified atom stereocenters. The van der Waals surface area contributed by atoms with E-state index in [0.717, 1.165) is 15.7 Å². The number of aromatic nitrogens is 3. The van der Waals surface area contributed by atoms with Crippen LogP contribution in [0.2, 0.25) is 0 Å². The fraction of sp³-hybridized carbons (Fsp3) is 0.0714. The molecule has 0 spiro atoms. The summed E-state index contributed by atoms with van der Waals surface area (Å²) in [6.07, 6.45) is 0. The number of hydrogen-bond acceptors (Lipinski definition) is 4. The van der Waals surface area contributed by atoms with Gasteiger partial charge in [-0.25, -0.2) is 4.98 Å². The maximum Gasteiger partial charge on any atom is 0.263 e. The molecule has 0 saturated carbocycles.